The largest absolute Gasteiger partial charge is 0.462 e. The van der Waals surface area contributed by atoms with Gasteiger partial charge in [-0.1, -0.05) is 18.6 Å². The predicted molar refractivity (Wildman–Crippen MR) is 96.9 cm³/mol. The van der Waals surface area contributed by atoms with Gasteiger partial charge < -0.3 is 9.94 Å². The number of Topliss-reactive ketones (excluding diaryl/α,β-unsaturated/α-hetero) is 1. The van der Waals surface area contributed by atoms with Gasteiger partial charge in [-0.15, -0.1) is 5.16 Å². The molecule has 5 heteroatoms. The molecule has 0 aromatic rings. The number of nitrogens with zero attached hydrogens (tertiary/aromatic N) is 1. The highest BCUT2D eigenvalue weighted by Gasteiger charge is 2.59. The summed E-state index contributed by atoms with van der Waals surface area (Å²) >= 11 is 0. The molecule has 4 aliphatic carbocycles. The number of carbonyl (C=O) groups excluding carboxylic acids is 2. The molecule has 0 aliphatic heterocycles. The Balaban J connectivity index is 1.67. The smallest absolute Gasteiger partial charge is 0.302 e. The third-order valence-electron chi connectivity index (χ3n) is 7.99. The molecule has 0 unspecified atom stereocenters. The second kappa shape index (κ2) is 6.21. The van der Waals surface area contributed by atoms with Gasteiger partial charge in [0.2, 0.25) is 0 Å². The van der Waals surface area contributed by atoms with Gasteiger partial charge in [0, 0.05) is 30.6 Å². The molecule has 142 valence electrons. The molecule has 5 nitrogen and oxygen atoms in total. The molecular formula is C21H29NO4. The molecule has 3 fully saturated rings. The average molecular weight is 359 g/mol. The molecule has 0 aromatic heterocycles. The standard InChI is InChI=1S/C21H29NO4/c1-13(23)26-15-7-10-21(12-22-25)14(11-15)3-4-16-17-5-6-19(24)20(17,2)9-8-18(16)21/h3,12,15-18,25H,4-11H2,1-2H3/t15-,16+,17+,18+,20+,21+/m0/s1. The Morgan fingerprint density at radius 1 is 1.31 bits per heavy atom. The monoisotopic (exact) mass is 359 g/mol. The van der Waals surface area contributed by atoms with Crippen LogP contribution in [0.4, 0.5) is 0 Å². The lowest BCUT2D eigenvalue weighted by atomic mass is 9.48. The molecular weight excluding hydrogens is 330 g/mol. The van der Waals surface area contributed by atoms with E-state index in [2.05, 4.69) is 18.2 Å². The maximum Gasteiger partial charge on any atom is 0.302 e. The van der Waals surface area contributed by atoms with Gasteiger partial charge in [0.05, 0.1) is 6.21 Å². The van der Waals surface area contributed by atoms with Crippen LogP contribution >= 0.6 is 0 Å². The predicted octanol–water partition coefficient (Wildman–Crippen LogP) is 3.89. The van der Waals surface area contributed by atoms with Gasteiger partial charge in [0.1, 0.15) is 11.9 Å². The van der Waals surface area contributed by atoms with E-state index in [1.54, 1.807) is 6.21 Å². The minimum atomic E-state index is -0.235. The Labute approximate surface area is 154 Å². The van der Waals surface area contributed by atoms with Crippen LogP contribution in [-0.4, -0.2) is 29.3 Å². The van der Waals surface area contributed by atoms with Crippen molar-refractivity contribution in [2.75, 3.05) is 0 Å². The Morgan fingerprint density at radius 2 is 2.12 bits per heavy atom. The van der Waals surface area contributed by atoms with Gasteiger partial charge in [-0.3, -0.25) is 9.59 Å². The van der Waals surface area contributed by atoms with E-state index >= 15 is 0 Å². The average Bonchev–Trinajstić information content (AvgIpc) is 2.90. The van der Waals surface area contributed by atoms with E-state index in [0.717, 1.165) is 51.4 Å². The minimum absolute atomic E-state index is 0.0718. The summed E-state index contributed by atoms with van der Waals surface area (Å²) < 4.78 is 5.47. The highest BCUT2D eigenvalue weighted by Crippen LogP contribution is 2.63. The second-order valence-corrected chi connectivity index (χ2v) is 9.02. The number of ketones is 1. The van der Waals surface area contributed by atoms with Crippen LogP contribution in [0, 0.1) is 28.6 Å². The third-order valence-corrected chi connectivity index (χ3v) is 7.99. The summed E-state index contributed by atoms with van der Waals surface area (Å²) in [5.41, 5.74) is 0.877. The lowest BCUT2D eigenvalue weighted by Gasteiger charge is -2.56. The molecule has 0 bridgehead atoms. The number of allylic oxidation sites excluding steroid dienone is 1. The maximum atomic E-state index is 12.5. The van der Waals surface area contributed by atoms with Gasteiger partial charge in [-0.2, -0.15) is 0 Å². The Kier molecular flexibility index (Phi) is 4.24. The fourth-order valence-electron chi connectivity index (χ4n) is 6.78. The molecule has 4 rings (SSSR count). The van der Waals surface area contributed by atoms with E-state index < -0.39 is 0 Å². The van der Waals surface area contributed by atoms with Crippen molar-refractivity contribution in [1.82, 2.24) is 0 Å². The molecule has 0 amide bonds. The highest BCUT2D eigenvalue weighted by atomic mass is 16.5. The zero-order valence-electron chi connectivity index (χ0n) is 15.7. The van der Waals surface area contributed by atoms with Crippen LogP contribution in [0.2, 0.25) is 0 Å². The molecule has 4 aliphatic rings. The number of fused-ring (bicyclic) bond motifs is 5. The topological polar surface area (TPSA) is 76.0 Å². The molecule has 0 heterocycles. The number of carbonyl (C=O) groups is 2. The number of esters is 1. The van der Waals surface area contributed by atoms with Gasteiger partial charge >= 0.3 is 5.97 Å². The minimum Gasteiger partial charge on any atom is -0.462 e. The first-order valence-corrected chi connectivity index (χ1v) is 9.99. The van der Waals surface area contributed by atoms with Crippen LogP contribution in [0.25, 0.3) is 0 Å². The molecule has 1 N–H and O–H groups in total. The van der Waals surface area contributed by atoms with E-state index in [1.807, 2.05) is 0 Å². The van der Waals surface area contributed by atoms with E-state index in [0.29, 0.717) is 23.5 Å². The zero-order valence-corrected chi connectivity index (χ0v) is 15.7. The SMILES string of the molecule is CC(=O)O[C@H]1CC[C@@]2(C=NO)C(=CC[C@@H]3[C@H]4CCC(=O)[C@]4(C)CC[C@H]32)C1. The molecule has 0 saturated heterocycles. The molecule has 0 spiro atoms. The van der Waals surface area contributed by atoms with Crippen LogP contribution < -0.4 is 0 Å². The molecule has 26 heavy (non-hydrogen) atoms. The van der Waals surface area contributed by atoms with Crippen LogP contribution in [0.15, 0.2) is 16.8 Å². The number of hydrogen-bond donors (Lipinski definition) is 1. The molecule has 3 saturated carbocycles. The normalized spacial score (nSPS) is 44.8. The second-order valence-electron chi connectivity index (χ2n) is 9.02. The molecule has 6 atom stereocenters. The van der Waals surface area contributed by atoms with Crippen molar-refractivity contribution in [2.45, 2.75) is 71.3 Å². The summed E-state index contributed by atoms with van der Waals surface area (Å²) in [5, 5.41) is 12.9. The summed E-state index contributed by atoms with van der Waals surface area (Å²) in [6, 6.07) is 0. The summed E-state index contributed by atoms with van der Waals surface area (Å²) in [5.74, 6) is 1.55. The number of oxime groups is 1. The summed E-state index contributed by atoms with van der Waals surface area (Å²) in [4.78, 5) is 23.9. The molecule has 0 radical (unpaired) electrons. The zero-order chi connectivity index (χ0) is 18.5. The Hall–Kier alpha value is -1.65. The summed E-state index contributed by atoms with van der Waals surface area (Å²) in [6.07, 6.45) is 11.0. The number of rotatable bonds is 2. The van der Waals surface area contributed by atoms with Gasteiger partial charge in [-0.25, -0.2) is 0 Å². The Morgan fingerprint density at radius 3 is 2.85 bits per heavy atom. The lowest BCUT2D eigenvalue weighted by molar-refractivity contribution is -0.148. The summed E-state index contributed by atoms with van der Waals surface area (Å²) in [7, 11) is 0. The van der Waals surface area contributed by atoms with Crippen LogP contribution in [-0.2, 0) is 14.3 Å². The fourth-order valence-corrected chi connectivity index (χ4v) is 6.78. The van der Waals surface area contributed by atoms with Crippen molar-refractivity contribution in [3.63, 3.8) is 0 Å². The number of hydrogen-bond acceptors (Lipinski definition) is 5. The highest BCUT2D eigenvalue weighted by molar-refractivity contribution is 5.87. The quantitative estimate of drug-likeness (QED) is 0.267. The third kappa shape index (κ3) is 2.46. The van der Waals surface area contributed by atoms with Gasteiger partial charge in [0.15, 0.2) is 0 Å². The van der Waals surface area contributed by atoms with Crippen molar-refractivity contribution < 1.29 is 19.5 Å². The van der Waals surface area contributed by atoms with E-state index in [-0.39, 0.29) is 22.9 Å². The van der Waals surface area contributed by atoms with Crippen LogP contribution in [0.5, 0.6) is 0 Å². The first-order valence-electron chi connectivity index (χ1n) is 9.99. The van der Waals surface area contributed by atoms with Crippen molar-refractivity contribution in [2.24, 2.45) is 33.7 Å². The van der Waals surface area contributed by atoms with Crippen molar-refractivity contribution in [3.8, 4) is 0 Å². The van der Waals surface area contributed by atoms with Crippen LogP contribution in [0.3, 0.4) is 0 Å². The van der Waals surface area contributed by atoms with E-state index in [4.69, 9.17) is 4.74 Å². The first kappa shape index (κ1) is 17.7. The lowest BCUT2D eigenvalue weighted by Crippen LogP contribution is -2.52. The van der Waals surface area contributed by atoms with Gasteiger partial charge in [-0.05, 0) is 56.3 Å². The van der Waals surface area contributed by atoms with E-state index in [1.165, 1.54) is 12.5 Å². The van der Waals surface area contributed by atoms with Crippen LogP contribution in [0.1, 0.15) is 65.2 Å². The first-order chi connectivity index (χ1) is 12.4. The van der Waals surface area contributed by atoms with Crippen molar-refractivity contribution >= 4 is 18.0 Å². The van der Waals surface area contributed by atoms with E-state index in [9.17, 15) is 14.8 Å². The maximum absolute atomic E-state index is 12.5. The fraction of sp³-hybridized carbons (Fsp3) is 0.762. The summed E-state index contributed by atoms with van der Waals surface area (Å²) in [6.45, 7) is 3.63. The Bertz CT molecular complexity index is 683. The van der Waals surface area contributed by atoms with Crippen molar-refractivity contribution in [1.29, 1.82) is 0 Å². The van der Waals surface area contributed by atoms with Gasteiger partial charge in [0.25, 0.3) is 0 Å². The van der Waals surface area contributed by atoms with Crippen molar-refractivity contribution in [3.05, 3.63) is 11.6 Å². The number of ether oxygens (including phenoxy) is 1. The molecule has 0 aromatic carbocycles.